The van der Waals surface area contributed by atoms with Crippen LogP contribution in [0.15, 0.2) is 46.9 Å². The number of nitrogens with zero attached hydrogens (tertiary/aromatic N) is 2. The highest BCUT2D eigenvalue weighted by Gasteiger charge is 2.21. The van der Waals surface area contributed by atoms with Crippen molar-refractivity contribution < 1.29 is 9.53 Å². The minimum atomic E-state index is -0.0348. The zero-order chi connectivity index (χ0) is 19.9. The Hall–Kier alpha value is -1.63. The molecule has 1 aliphatic rings. The minimum Gasteiger partial charge on any atom is -0.492 e. The summed E-state index contributed by atoms with van der Waals surface area (Å²) in [5.41, 5.74) is 1.09. The van der Waals surface area contributed by atoms with Gasteiger partial charge in [-0.15, -0.1) is 0 Å². The van der Waals surface area contributed by atoms with Crippen molar-refractivity contribution in [2.24, 2.45) is 0 Å². The Kier molecular flexibility index (Phi) is 7.71. The lowest BCUT2D eigenvalue weighted by Crippen LogP contribution is -2.52. The number of rotatable bonds is 6. The third-order valence-electron chi connectivity index (χ3n) is 4.49. The number of carbonyl (C=O) groups excluding carboxylic acids is 1. The van der Waals surface area contributed by atoms with Crippen molar-refractivity contribution in [3.05, 3.63) is 57.0 Å². The molecule has 1 heterocycles. The Morgan fingerprint density at radius 2 is 1.89 bits per heavy atom. The molecule has 1 saturated heterocycles. The molecule has 2 aromatic carbocycles. The van der Waals surface area contributed by atoms with E-state index in [1.165, 1.54) is 0 Å². The van der Waals surface area contributed by atoms with E-state index in [9.17, 15) is 4.79 Å². The number of ether oxygens (including phenoxy) is 1. The standard InChI is InChI=1S/C20H22BrCl2N3O2/c21-15-5-6-19(18(23)13-15)28-12-2-7-24-20(27)26-10-8-25(9-11-26)17-4-1-3-16(22)14-17/h1,3-6,13-14H,2,7-12H2,(H,24,27). The maximum absolute atomic E-state index is 12.3. The minimum absolute atomic E-state index is 0.0348. The SMILES string of the molecule is O=C(NCCCOc1ccc(Br)cc1Cl)N1CCN(c2cccc(Cl)c2)CC1. The van der Waals surface area contributed by atoms with E-state index >= 15 is 0 Å². The highest BCUT2D eigenvalue weighted by Crippen LogP contribution is 2.27. The van der Waals surface area contributed by atoms with Gasteiger partial charge in [0, 0.05) is 47.9 Å². The number of piperazine rings is 1. The molecule has 28 heavy (non-hydrogen) atoms. The zero-order valence-electron chi connectivity index (χ0n) is 15.3. The van der Waals surface area contributed by atoms with Crippen LogP contribution in [0.2, 0.25) is 10.0 Å². The van der Waals surface area contributed by atoms with Crippen LogP contribution in [0, 0.1) is 0 Å². The molecular weight excluding hydrogens is 465 g/mol. The number of hydrogen-bond acceptors (Lipinski definition) is 3. The van der Waals surface area contributed by atoms with Crippen molar-refractivity contribution in [1.29, 1.82) is 0 Å². The quantitative estimate of drug-likeness (QED) is 0.580. The average molecular weight is 487 g/mol. The molecule has 0 aliphatic carbocycles. The Morgan fingerprint density at radius 3 is 2.61 bits per heavy atom. The van der Waals surface area contributed by atoms with Gasteiger partial charge in [0.2, 0.25) is 0 Å². The third kappa shape index (κ3) is 5.93. The summed E-state index contributed by atoms with van der Waals surface area (Å²) in [4.78, 5) is 16.4. The summed E-state index contributed by atoms with van der Waals surface area (Å²) in [6.45, 7) is 4.00. The van der Waals surface area contributed by atoms with E-state index in [0.717, 1.165) is 28.3 Å². The second-order valence-electron chi connectivity index (χ2n) is 6.46. The number of carbonyl (C=O) groups is 1. The van der Waals surface area contributed by atoms with Gasteiger partial charge in [0.15, 0.2) is 0 Å². The smallest absolute Gasteiger partial charge is 0.317 e. The summed E-state index contributed by atoms with van der Waals surface area (Å²) in [7, 11) is 0. The van der Waals surface area contributed by atoms with Crippen LogP contribution in [-0.4, -0.2) is 50.3 Å². The van der Waals surface area contributed by atoms with Gasteiger partial charge in [0.25, 0.3) is 0 Å². The lowest BCUT2D eigenvalue weighted by molar-refractivity contribution is 0.193. The van der Waals surface area contributed by atoms with Crippen LogP contribution in [0.4, 0.5) is 10.5 Å². The summed E-state index contributed by atoms with van der Waals surface area (Å²) in [6.07, 6.45) is 0.709. The molecule has 0 spiro atoms. The number of anilines is 1. The first-order valence-electron chi connectivity index (χ1n) is 9.14. The second kappa shape index (κ2) is 10.2. The number of nitrogens with one attached hydrogen (secondary N) is 1. The molecule has 8 heteroatoms. The summed E-state index contributed by atoms with van der Waals surface area (Å²) in [5, 5.41) is 4.24. The Labute approximate surface area is 183 Å². The van der Waals surface area contributed by atoms with Gasteiger partial charge in [-0.25, -0.2) is 4.79 Å². The summed E-state index contributed by atoms with van der Waals surface area (Å²) < 4.78 is 6.57. The summed E-state index contributed by atoms with van der Waals surface area (Å²) in [5.74, 6) is 0.647. The largest absolute Gasteiger partial charge is 0.492 e. The van der Waals surface area contributed by atoms with Gasteiger partial charge in [-0.3, -0.25) is 0 Å². The van der Waals surface area contributed by atoms with Crippen LogP contribution in [0.1, 0.15) is 6.42 Å². The lowest BCUT2D eigenvalue weighted by Gasteiger charge is -2.36. The number of urea groups is 1. The maximum atomic E-state index is 12.3. The molecule has 1 fully saturated rings. The number of hydrogen-bond donors (Lipinski definition) is 1. The monoisotopic (exact) mass is 485 g/mol. The Balaban J connectivity index is 1.34. The predicted octanol–water partition coefficient (Wildman–Crippen LogP) is 5.06. The molecule has 2 aromatic rings. The van der Waals surface area contributed by atoms with Crippen LogP contribution in [-0.2, 0) is 0 Å². The van der Waals surface area contributed by atoms with Gasteiger partial charge in [0.05, 0.1) is 11.6 Å². The number of halogens is 3. The van der Waals surface area contributed by atoms with Gasteiger partial charge in [-0.05, 0) is 42.8 Å². The fraction of sp³-hybridized carbons (Fsp3) is 0.350. The molecule has 0 bridgehead atoms. The average Bonchev–Trinajstić information content (AvgIpc) is 2.69. The maximum Gasteiger partial charge on any atom is 0.317 e. The van der Waals surface area contributed by atoms with E-state index in [1.54, 1.807) is 6.07 Å². The molecule has 1 N–H and O–H groups in total. The van der Waals surface area contributed by atoms with Crippen LogP contribution < -0.4 is 15.0 Å². The van der Waals surface area contributed by atoms with Gasteiger partial charge >= 0.3 is 6.03 Å². The fourth-order valence-corrected chi connectivity index (χ4v) is 3.91. The van der Waals surface area contributed by atoms with Crippen LogP contribution >= 0.6 is 39.1 Å². The molecule has 1 aliphatic heterocycles. The molecule has 2 amide bonds. The van der Waals surface area contributed by atoms with Crippen LogP contribution in [0.3, 0.4) is 0 Å². The first-order chi connectivity index (χ1) is 13.5. The summed E-state index contributed by atoms with van der Waals surface area (Å²) in [6, 6.07) is 13.3. The highest BCUT2D eigenvalue weighted by molar-refractivity contribution is 9.10. The van der Waals surface area contributed by atoms with Crippen molar-refractivity contribution in [1.82, 2.24) is 10.2 Å². The van der Waals surface area contributed by atoms with Gasteiger partial charge < -0.3 is 19.9 Å². The van der Waals surface area contributed by atoms with E-state index in [-0.39, 0.29) is 6.03 Å². The summed E-state index contributed by atoms with van der Waals surface area (Å²) >= 11 is 15.5. The molecule has 150 valence electrons. The van der Waals surface area contributed by atoms with Crippen molar-refractivity contribution in [3.8, 4) is 5.75 Å². The van der Waals surface area contributed by atoms with E-state index in [1.807, 2.05) is 41.3 Å². The highest BCUT2D eigenvalue weighted by atomic mass is 79.9. The third-order valence-corrected chi connectivity index (χ3v) is 5.51. The second-order valence-corrected chi connectivity index (χ2v) is 8.22. The van der Waals surface area contributed by atoms with E-state index in [0.29, 0.717) is 43.4 Å². The molecule has 3 rings (SSSR count). The van der Waals surface area contributed by atoms with Gasteiger partial charge in [0.1, 0.15) is 5.75 Å². The zero-order valence-corrected chi connectivity index (χ0v) is 18.4. The Bertz CT molecular complexity index is 814. The van der Waals surface area contributed by atoms with Crippen molar-refractivity contribution in [2.45, 2.75) is 6.42 Å². The Morgan fingerprint density at radius 1 is 1.11 bits per heavy atom. The first-order valence-corrected chi connectivity index (χ1v) is 10.7. The molecule has 0 unspecified atom stereocenters. The van der Waals surface area contributed by atoms with E-state index in [4.69, 9.17) is 27.9 Å². The van der Waals surface area contributed by atoms with Gasteiger partial charge in [-0.2, -0.15) is 0 Å². The lowest BCUT2D eigenvalue weighted by atomic mass is 10.2. The molecular formula is C20H22BrCl2N3O2. The van der Waals surface area contributed by atoms with Gasteiger partial charge in [-0.1, -0.05) is 45.2 Å². The van der Waals surface area contributed by atoms with Crippen molar-refractivity contribution >= 4 is 50.9 Å². The van der Waals surface area contributed by atoms with Crippen molar-refractivity contribution in [2.75, 3.05) is 44.2 Å². The molecule has 5 nitrogen and oxygen atoms in total. The van der Waals surface area contributed by atoms with Crippen molar-refractivity contribution in [3.63, 3.8) is 0 Å². The predicted molar refractivity (Wildman–Crippen MR) is 118 cm³/mol. The molecule has 0 aromatic heterocycles. The molecule has 0 radical (unpaired) electrons. The number of benzene rings is 2. The fourth-order valence-electron chi connectivity index (χ4n) is 2.99. The topological polar surface area (TPSA) is 44.8 Å². The van der Waals surface area contributed by atoms with E-state index in [2.05, 4.69) is 26.1 Å². The van der Waals surface area contributed by atoms with E-state index < -0.39 is 0 Å². The molecule has 0 atom stereocenters. The number of amides is 2. The van der Waals surface area contributed by atoms with Crippen LogP contribution in [0.25, 0.3) is 0 Å². The first kappa shape index (κ1) is 21.1. The van der Waals surface area contributed by atoms with Crippen LogP contribution in [0.5, 0.6) is 5.75 Å². The molecule has 0 saturated carbocycles. The normalized spacial score (nSPS) is 14.1.